The first-order valence-electron chi connectivity index (χ1n) is 6.84. The van der Waals surface area contributed by atoms with E-state index >= 15 is 0 Å². The van der Waals surface area contributed by atoms with Gasteiger partial charge in [0, 0.05) is 0 Å². The Morgan fingerprint density at radius 1 is 1.00 bits per heavy atom. The van der Waals surface area contributed by atoms with Crippen molar-refractivity contribution in [3.05, 3.63) is 63.7 Å². The summed E-state index contributed by atoms with van der Waals surface area (Å²) in [5.41, 5.74) is -0.259. The monoisotopic (exact) mass is 452 g/mol. The fourth-order valence-corrected chi connectivity index (χ4v) is 10.8. The van der Waals surface area contributed by atoms with Crippen LogP contribution in [-0.2, 0) is 18.5 Å². The molecule has 0 aliphatic carbocycles. The van der Waals surface area contributed by atoms with E-state index < -0.39 is 38.9 Å². The standard InChI is InChI=1S/C16H15F2IO3S/c1-15(2)13-10-6-7-11-14(13)19(22-15)16(17,18)23(20,21)12-8-4-3-5-9-12/h3-11H,1-2H3. The number of alkyl halides is 3. The summed E-state index contributed by atoms with van der Waals surface area (Å²) in [4.78, 5) is -0.381. The third kappa shape index (κ3) is 2.58. The van der Waals surface area contributed by atoms with Crippen LogP contribution in [0.4, 0.5) is 8.78 Å². The SMILES string of the molecule is CC1(C)OI(C(F)(F)S(=O)(=O)c2ccccc2)c2ccccc21. The molecule has 3 rings (SSSR count). The second-order valence-electron chi connectivity index (χ2n) is 5.58. The molecule has 23 heavy (non-hydrogen) atoms. The van der Waals surface area contributed by atoms with Crippen molar-refractivity contribution in [2.24, 2.45) is 0 Å². The van der Waals surface area contributed by atoms with E-state index in [0.717, 1.165) is 0 Å². The van der Waals surface area contributed by atoms with Crippen LogP contribution in [0.25, 0.3) is 0 Å². The van der Waals surface area contributed by atoms with Crippen LogP contribution in [-0.4, -0.2) is 11.7 Å². The fourth-order valence-electron chi connectivity index (χ4n) is 2.36. The topological polar surface area (TPSA) is 43.4 Å². The van der Waals surface area contributed by atoms with Gasteiger partial charge >= 0.3 is 142 Å². The average Bonchev–Trinajstić information content (AvgIpc) is 2.81. The number of hydrogen-bond acceptors (Lipinski definition) is 3. The molecule has 0 unspecified atom stereocenters. The van der Waals surface area contributed by atoms with Gasteiger partial charge in [-0.15, -0.1) is 0 Å². The molecular weight excluding hydrogens is 437 g/mol. The minimum atomic E-state index is -4.80. The third-order valence-corrected chi connectivity index (χ3v) is 12.4. The van der Waals surface area contributed by atoms with Crippen molar-refractivity contribution >= 4 is 30.1 Å². The Morgan fingerprint density at radius 2 is 1.57 bits per heavy atom. The second kappa shape index (κ2) is 5.49. The normalized spacial score (nSPS) is 18.7. The molecule has 0 saturated carbocycles. The molecule has 0 fully saturated rings. The Hall–Kier alpha value is -1.06. The van der Waals surface area contributed by atoms with E-state index in [2.05, 4.69) is 0 Å². The summed E-state index contributed by atoms with van der Waals surface area (Å²) in [6.07, 6.45) is 0. The fraction of sp³-hybridized carbons (Fsp3) is 0.250. The van der Waals surface area contributed by atoms with Crippen molar-refractivity contribution < 1.29 is 20.3 Å². The zero-order chi connectivity index (χ0) is 16.9. The summed E-state index contributed by atoms with van der Waals surface area (Å²) >= 11 is -3.75. The predicted octanol–water partition coefficient (Wildman–Crippen LogP) is 4.57. The summed E-state index contributed by atoms with van der Waals surface area (Å²) < 4.78 is 57.0. The third-order valence-electron chi connectivity index (χ3n) is 3.54. The number of benzene rings is 2. The van der Waals surface area contributed by atoms with Gasteiger partial charge in [-0.25, -0.2) is 0 Å². The molecular formula is C16H15F2IO3S. The van der Waals surface area contributed by atoms with Gasteiger partial charge < -0.3 is 0 Å². The van der Waals surface area contributed by atoms with Crippen LogP contribution >= 0.6 is 20.2 Å². The van der Waals surface area contributed by atoms with Gasteiger partial charge in [0.05, 0.1) is 0 Å². The van der Waals surface area contributed by atoms with Crippen LogP contribution in [0.1, 0.15) is 19.4 Å². The van der Waals surface area contributed by atoms with E-state index in [1.54, 1.807) is 44.2 Å². The van der Waals surface area contributed by atoms with E-state index in [9.17, 15) is 17.2 Å². The molecule has 0 amide bonds. The minimum absolute atomic E-state index is 0.367. The van der Waals surface area contributed by atoms with E-state index in [1.807, 2.05) is 0 Å². The molecule has 0 atom stereocenters. The van der Waals surface area contributed by atoms with Crippen LogP contribution < -0.4 is 0 Å². The van der Waals surface area contributed by atoms with Crippen molar-refractivity contribution in [1.29, 1.82) is 0 Å². The molecule has 3 nitrogen and oxygen atoms in total. The van der Waals surface area contributed by atoms with Crippen LogP contribution in [0.15, 0.2) is 59.5 Å². The van der Waals surface area contributed by atoms with E-state index in [0.29, 0.717) is 9.13 Å². The molecule has 0 N–H and O–H groups in total. The van der Waals surface area contributed by atoms with Crippen LogP contribution in [0, 0.1) is 3.57 Å². The van der Waals surface area contributed by atoms with Gasteiger partial charge in [-0.2, -0.15) is 0 Å². The van der Waals surface area contributed by atoms with Crippen LogP contribution in [0.2, 0.25) is 0 Å². The Morgan fingerprint density at radius 3 is 2.22 bits per heavy atom. The Labute approximate surface area is 141 Å². The summed E-state index contributed by atoms with van der Waals surface area (Å²) in [6.45, 7) is 3.38. The molecule has 2 aromatic rings. The Bertz CT molecular complexity index is 835. The van der Waals surface area contributed by atoms with E-state index in [1.165, 1.54) is 24.3 Å². The van der Waals surface area contributed by atoms with Gasteiger partial charge in [-0.05, 0) is 0 Å². The Kier molecular flexibility index (Phi) is 4.01. The van der Waals surface area contributed by atoms with E-state index in [4.69, 9.17) is 3.07 Å². The average molecular weight is 452 g/mol. The first-order chi connectivity index (χ1) is 10.7. The molecule has 2 aromatic carbocycles. The molecule has 0 spiro atoms. The molecule has 1 aliphatic heterocycles. The number of rotatable bonds is 3. The van der Waals surface area contributed by atoms with Gasteiger partial charge in [0.2, 0.25) is 0 Å². The number of fused-ring (bicyclic) bond motifs is 1. The molecule has 0 bridgehead atoms. The number of halogens is 3. The number of sulfone groups is 1. The van der Waals surface area contributed by atoms with E-state index in [-0.39, 0.29) is 4.90 Å². The van der Waals surface area contributed by atoms with Gasteiger partial charge in [0.1, 0.15) is 0 Å². The summed E-state index contributed by atoms with van der Waals surface area (Å²) in [7, 11) is -4.80. The zero-order valence-corrected chi connectivity index (χ0v) is 15.4. The Balaban J connectivity index is 2.12. The second-order valence-corrected chi connectivity index (χ2v) is 12.7. The molecule has 124 valence electrons. The quantitative estimate of drug-likeness (QED) is 0.507. The van der Waals surface area contributed by atoms with Crippen molar-refractivity contribution in [2.75, 3.05) is 0 Å². The maximum atomic E-state index is 15.0. The van der Waals surface area contributed by atoms with Crippen molar-refractivity contribution in [1.82, 2.24) is 0 Å². The van der Waals surface area contributed by atoms with Gasteiger partial charge in [0.25, 0.3) is 0 Å². The van der Waals surface area contributed by atoms with Gasteiger partial charge in [-0.3, -0.25) is 0 Å². The van der Waals surface area contributed by atoms with Crippen molar-refractivity contribution in [2.45, 2.75) is 27.6 Å². The van der Waals surface area contributed by atoms with Crippen LogP contribution in [0.5, 0.6) is 0 Å². The first-order valence-corrected chi connectivity index (χ1v) is 11.4. The molecule has 0 saturated heterocycles. The van der Waals surface area contributed by atoms with Crippen molar-refractivity contribution in [3.8, 4) is 0 Å². The number of hydrogen-bond donors (Lipinski definition) is 0. The molecule has 1 heterocycles. The zero-order valence-electron chi connectivity index (χ0n) is 12.5. The summed E-state index contributed by atoms with van der Waals surface area (Å²) in [5, 5.41) is 0. The summed E-state index contributed by atoms with van der Waals surface area (Å²) in [5.74, 6) is 0. The summed E-state index contributed by atoms with van der Waals surface area (Å²) in [6, 6.07) is 13.5. The van der Waals surface area contributed by atoms with Gasteiger partial charge in [0.15, 0.2) is 0 Å². The van der Waals surface area contributed by atoms with Crippen LogP contribution in [0.3, 0.4) is 0 Å². The predicted molar refractivity (Wildman–Crippen MR) is 91.8 cm³/mol. The van der Waals surface area contributed by atoms with Gasteiger partial charge in [-0.1, -0.05) is 0 Å². The molecule has 1 aliphatic rings. The molecule has 0 radical (unpaired) electrons. The maximum absolute atomic E-state index is 15.0. The first kappa shape index (κ1) is 16.8. The molecule has 0 aromatic heterocycles. The molecule has 7 heteroatoms. The van der Waals surface area contributed by atoms with Crippen molar-refractivity contribution in [3.63, 3.8) is 0 Å².